The first-order chi connectivity index (χ1) is 8.72. The second kappa shape index (κ2) is 5.64. The molecule has 0 saturated heterocycles. The predicted octanol–water partition coefficient (Wildman–Crippen LogP) is 1.75. The van der Waals surface area contributed by atoms with Gasteiger partial charge in [-0.25, -0.2) is 0 Å². The number of rotatable bonds is 5. The van der Waals surface area contributed by atoms with E-state index in [1.54, 1.807) is 6.20 Å². The molecule has 1 atom stereocenters. The van der Waals surface area contributed by atoms with E-state index >= 15 is 0 Å². The molecule has 0 radical (unpaired) electrons. The molecule has 18 heavy (non-hydrogen) atoms. The maximum absolute atomic E-state index is 12.0. The maximum Gasteiger partial charge on any atom is 0.228 e. The molecule has 0 aliphatic rings. The molecule has 0 aliphatic carbocycles. The fourth-order valence-electron chi connectivity index (χ4n) is 1.79. The van der Waals surface area contributed by atoms with Crippen LogP contribution in [-0.4, -0.2) is 29.2 Å². The number of hydrogen-bond donors (Lipinski definition) is 3. The zero-order valence-corrected chi connectivity index (χ0v) is 10.7. The summed E-state index contributed by atoms with van der Waals surface area (Å²) in [6.45, 7) is 5.49. The topological polar surface area (TPSA) is 69.8 Å². The molecule has 1 aromatic carbocycles. The van der Waals surface area contributed by atoms with E-state index in [0.717, 1.165) is 23.1 Å². The van der Waals surface area contributed by atoms with Gasteiger partial charge in [-0.1, -0.05) is 19.9 Å². The van der Waals surface area contributed by atoms with Crippen molar-refractivity contribution in [3.8, 4) is 0 Å². The molecule has 5 heteroatoms. The van der Waals surface area contributed by atoms with Gasteiger partial charge in [0.1, 0.15) is 0 Å². The molecule has 0 spiro atoms. The Labute approximate surface area is 106 Å². The lowest BCUT2D eigenvalue weighted by molar-refractivity contribution is -0.119. The number of nitrogens with zero attached hydrogens (tertiary/aromatic N) is 1. The molecular weight excluding hydrogens is 228 g/mol. The van der Waals surface area contributed by atoms with Crippen molar-refractivity contribution in [1.29, 1.82) is 0 Å². The molecule has 1 heterocycles. The van der Waals surface area contributed by atoms with Crippen molar-refractivity contribution in [2.75, 3.05) is 18.4 Å². The van der Waals surface area contributed by atoms with Gasteiger partial charge < -0.3 is 10.6 Å². The van der Waals surface area contributed by atoms with Crippen LogP contribution in [0.2, 0.25) is 0 Å². The van der Waals surface area contributed by atoms with Gasteiger partial charge in [0.2, 0.25) is 5.91 Å². The molecule has 2 aromatic rings. The Morgan fingerprint density at radius 1 is 1.50 bits per heavy atom. The highest BCUT2D eigenvalue weighted by atomic mass is 16.1. The van der Waals surface area contributed by atoms with Gasteiger partial charge in [0.05, 0.1) is 17.4 Å². The third-order valence-corrected chi connectivity index (χ3v) is 2.89. The van der Waals surface area contributed by atoms with E-state index in [4.69, 9.17) is 0 Å². The van der Waals surface area contributed by atoms with Crippen LogP contribution in [-0.2, 0) is 4.79 Å². The van der Waals surface area contributed by atoms with Crippen molar-refractivity contribution < 1.29 is 4.79 Å². The molecule has 0 saturated carbocycles. The second-order valence-electron chi connectivity index (χ2n) is 4.33. The molecule has 3 N–H and O–H groups in total. The molecule has 1 aromatic heterocycles. The number of H-pyrrole nitrogens is 1. The third-order valence-electron chi connectivity index (χ3n) is 2.89. The number of fused-ring (bicyclic) bond motifs is 1. The van der Waals surface area contributed by atoms with E-state index in [1.807, 2.05) is 32.0 Å². The summed E-state index contributed by atoms with van der Waals surface area (Å²) in [7, 11) is 0. The smallest absolute Gasteiger partial charge is 0.228 e. The minimum absolute atomic E-state index is 0.0182. The summed E-state index contributed by atoms with van der Waals surface area (Å²) >= 11 is 0. The highest BCUT2D eigenvalue weighted by Gasteiger charge is 2.13. The molecular formula is C13H18N4O. The number of carbonyl (C=O) groups excluding carboxylic acids is 1. The first-order valence-electron chi connectivity index (χ1n) is 6.16. The average Bonchev–Trinajstić information content (AvgIpc) is 2.85. The standard InChI is InChI=1S/C13H18N4O/c1-3-14-7-9(2)13(18)16-11-5-4-6-12-10(11)8-15-17-12/h4-6,8-9,14H,3,7H2,1-2H3,(H,15,17)(H,16,18). The van der Waals surface area contributed by atoms with Crippen molar-refractivity contribution in [2.45, 2.75) is 13.8 Å². The lowest BCUT2D eigenvalue weighted by Crippen LogP contribution is -2.30. The average molecular weight is 246 g/mol. The van der Waals surface area contributed by atoms with E-state index in [2.05, 4.69) is 20.8 Å². The van der Waals surface area contributed by atoms with E-state index in [1.165, 1.54) is 0 Å². The third kappa shape index (κ3) is 2.68. The van der Waals surface area contributed by atoms with Gasteiger partial charge in [-0.2, -0.15) is 5.10 Å². The molecule has 1 unspecified atom stereocenters. The highest BCUT2D eigenvalue weighted by Crippen LogP contribution is 2.21. The Balaban J connectivity index is 2.09. The van der Waals surface area contributed by atoms with Gasteiger partial charge in [0.25, 0.3) is 0 Å². The summed E-state index contributed by atoms with van der Waals surface area (Å²) in [5.74, 6) is -0.0447. The molecule has 96 valence electrons. The Morgan fingerprint density at radius 2 is 2.33 bits per heavy atom. The first kappa shape index (κ1) is 12.6. The molecule has 5 nitrogen and oxygen atoms in total. The highest BCUT2D eigenvalue weighted by molar-refractivity contribution is 6.01. The number of amides is 1. The summed E-state index contributed by atoms with van der Waals surface area (Å²) in [6.07, 6.45) is 1.72. The lowest BCUT2D eigenvalue weighted by Gasteiger charge is -2.12. The summed E-state index contributed by atoms with van der Waals surface area (Å²) in [4.78, 5) is 12.0. The van der Waals surface area contributed by atoms with Crippen molar-refractivity contribution in [2.24, 2.45) is 5.92 Å². The molecule has 0 fully saturated rings. The lowest BCUT2D eigenvalue weighted by atomic mass is 10.1. The van der Waals surface area contributed by atoms with E-state index in [0.29, 0.717) is 6.54 Å². The minimum Gasteiger partial charge on any atom is -0.325 e. The summed E-state index contributed by atoms with van der Waals surface area (Å²) in [6, 6.07) is 5.71. The second-order valence-corrected chi connectivity index (χ2v) is 4.33. The van der Waals surface area contributed by atoms with Crippen molar-refractivity contribution in [3.05, 3.63) is 24.4 Å². The fraction of sp³-hybridized carbons (Fsp3) is 0.385. The summed E-state index contributed by atoms with van der Waals surface area (Å²) in [5.41, 5.74) is 1.72. The van der Waals surface area contributed by atoms with Crippen LogP contribution in [0.4, 0.5) is 5.69 Å². The number of aromatic amines is 1. The number of benzene rings is 1. The molecule has 0 bridgehead atoms. The van der Waals surface area contributed by atoms with Gasteiger partial charge in [-0.3, -0.25) is 9.89 Å². The van der Waals surface area contributed by atoms with Gasteiger partial charge in [0.15, 0.2) is 0 Å². The molecule has 2 rings (SSSR count). The number of aromatic nitrogens is 2. The van der Waals surface area contributed by atoms with Gasteiger partial charge in [-0.05, 0) is 18.7 Å². The maximum atomic E-state index is 12.0. The van der Waals surface area contributed by atoms with Crippen LogP contribution in [0, 0.1) is 5.92 Å². The molecule has 0 aliphatic heterocycles. The van der Waals surface area contributed by atoms with Crippen LogP contribution < -0.4 is 10.6 Å². The summed E-state index contributed by atoms with van der Waals surface area (Å²) < 4.78 is 0. The number of hydrogen-bond acceptors (Lipinski definition) is 3. The zero-order chi connectivity index (χ0) is 13.0. The quantitative estimate of drug-likeness (QED) is 0.752. The minimum atomic E-state index is -0.0629. The van der Waals surface area contributed by atoms with E-state index in [-0.39, 0.29) is 11.8 Å². The Bertz CT molecular complexity index is 535. The van der Waals surface area contributed by atoms with Crippen LogP contribution in [0.15, 0.2) is 24.4 Å². The first-order valence-corrected chi connectivity index (χ1v) is 6.16. The predicted molar refractivity (Wildman–Crippen MR) is 72.4 cm³/mol. The Morgan fingerprint density at radius 3 is 3.11 bits per heavy atom. The van der Waals surface area contributed by atoms with Crippen LogP contribution in [0.1, 0.15) is 13.8 Å². The van der Waals surface area contributed by atoms with E-state index < -0.39 is 0 Å². The molecule has 1 amide bonds. The SMILES string of the molecule is CCNCC(C)C(=O)Nc1cccc2[nH]ncc12. The number of nitrogens with one attached hydrogen (secondary N) is 3. The van der Waals surface area contributed by atoms with Crippen LogP contribution in [0.3, 0.4) is 0 Å². The monoisotopic (exact) mass is 246 g/mol. The van der Waals surface area contributed by atoms with Crippen molar-refractivity contribution in [1.82, 2.24) is 15.5 Å². The van der Waals surface area contributed by atoms with Gasteiger partial charge >= 0.3 is 0 Å². The number of anilines is 1. The normalized spacial score (nSPS) is 12.6. The van der Waals surface area contributed by atoms with Crippen LogP contribution >= 0.6 is 0 Å². The Kier molecular flexibility index (Phi) is 3.94. The van der Waals surface area contributed by atoms with Gasteiger partial charge in [-0.15, -0.1) is 0 Å². The van der Waals surface area contributed by atoms with Gasteiger partial charge in [0, 0.05) is 17.8 Å². The largest absolute Gasteiger partial charge is 0.325 e. The fourth-order valence-corrected chi connectivity index (χ4v) is 1.79. The van der Waals surface area contributed by atoms with Crippen LogP contribution in [0.5, 0.6) is 0 Å². The Hall–Kier alpha value is -1.88. The summed E-state index contributed by atoms with van der Waals surface area (Å²) in [5, 5.41) is 13.9. The van der Waals surface area contributed by atoms with Crippen molar-refractivity contribution in [3.63, 3.8) is 0 Å². The van der Waals surface area contributed by atoms with E-state index in [9.17, 15) is 4.79 Å². The van der Waals surface area contributed by atoms with Crippen LogP contribution in [0.25, 0.3) is 10.9 Å². The number of carbonyl (C=O) groups is 1. The zero-order valence-electron chi connectivity index (χ0n) is 10.7. The van der Waals surface area contributed by atoms with Crippen molar-refractivity contribution >= 4 is 22.5 Å².